The summed E-state index contributed by atoms with van der Waals surface area (Å²) in [6, 6.07) is 11.2. The third-order valence-electron chi connectivity index (χ3n) is 3.98. The van der Waals surface area contributed by atoms with E-state index in [-0.39, 0.29) is 10.7 Å². The molecule has 0 aromatic heterocycles. The molecule has 154 valence electrons. The first-order chi connectivity index (χ1) is 13.6. The maximum Gasteiger partial charge on any atom is 0.321 e. The largest absolute Gasteiger partial charge is 0.455 e. The second-order valence-electron chi connectivity index (χ2n) is 6.44. The zero-order chi connectivity index (χ0) is 21.6. The molecule has 2 rings (SSSR count). The summed E-state index contributed by atoms with van der Waals surface area (Å²) >= 11 is 0. The van der Waals surface area contributed by atoms with Crippen molar-refractivity contribution >= 4 is 33.4 Å². The van der Waals surface area contributed by atoms with Crippen molar-refractivity contribution < 1.29 is 27.5 Å². The van der Waals surface area contributed by atoms with Gasteiger partial charge in [0.1, 0.15) is 6.54 Å². The average molecular weight is 418 g/mol. The van der Waals surface area contributed by atoms with Crippen LogP contribution in [0.1, 0.15) is 28.4 Å². The molecule has 0 atom stereocenters. The van der Waals surface area contributed by atoms with E-state index in [2.05, 4.69) is 10.0 Å². The molecule has 0 bridgehead atoms. The van der Waals surface area contributed by atoms with Crippen LogP contribution in [0.2, 0.25) is 0 Å². The fraction of sp³-hybridized carbons (Fsp3) is 0.250. The van der Waals surface area contributed by atoms with Crippen molar-refractivity contribution in [3.05, 3.63) is 59.2 Å². The summed E-state index contributed by atoms with van der Waals surface area (Å²) in [4.78, 5) is 34.9. The number of anilines is 1. The van der Waals surface area contributed by atoms with Gasteiger partial charge in [0.2, 0.25) is 10.0 Å². The van der Waals surface area contributed by atoms with Gasteiger partial charge in [0.05, 0.1) is 4.90 Å². The highest BCUT2D eigenvalue weighted by molar-refractivity contribution is 7.89. The first-order valence-electron chi connectivity index (χ1n) is 8.72. The number of carbonyl (C=O) groups is 3. The van der Waals surface area contributed by atoms with Gasteiger partial charge in [0.15, 0.2) is 12.4 Å². The Morgan fingerprint density at radius 1 is 1.00 bits per heavy atom. The summed E-state index contributed by atoms with van der Waals surface area (Å²) < 4.78 is 31.6. The molecule has 0 spiro atoms. The number of rotatable bonds is 8. The third kappa shape index (κ3) is 6.51. The van der Waals surface area contributed by atoms with Gasteiger partial charge in [-0.3, -0.25) is 14.4 Å². The number of ether oxygens (including phenoxy) is 1. The molecule has 8 nitrogen and oxygen atoms in total. The maximum atomic E-state index is 12.3. The summed E-state index contributed by atoms with van der Waals surface area (Å²) in [5.74, 6) is -1.58. The Kier molecular flexibility index (Phi) is 7.24. The summed E-state index contributed by atoms with van der Waals surface area (Å²) in [5, 5.41) is 2.51. The van der Waals surface area contributed by atoms with Gasteiger partial charge in [-0.25, -0.2) is 8.42 Å². The van der Waals surface area contributed by atoms with Crippen LogP contribution in [-0.2, 0) is 24.3 Å². The summed E-state index contributed by atoms with van der Waals surface area (Å²) in [7, 11) is -3.89. The fourth-order valence-corrected chi connectivity index (χ4v) is 3.71. The number of nitrogens with one attached hydrogen (secondary N) is 2. The van der Waals surface area contributed by atoms with Gasteiger partial charge in [-0.15, -0.1) is 0 Å². The van der Waals surface area contributed by atoms with Gasteiger partial charge < -0.3 is 10.1 Å². The normalized spacial score (nSPS) is 11.0. The second-order valence-corrected chi connectivity index (χ2v) is 8.17. The van der Waals surface area contributed by atoms with E-state index in [4.69, 9.17) is 4.74 Å². The highest BCUT2D eigenvalue weighted by atomic mass is 32.2. The number of sulfonamides is 1. The summed E-state index contributed by atoms with van der Waals surface area (Å²) in [6.07, 6.45) is 0. The number of Topliss-reactive ketones (excluding diaryl/α,β-unsaturated/α-hetero) is 1. The van der Waals surface area contributed by atoms with E-state index < -0.39 is 35.1 Å². The monoisotopic (exact) mass is 418 g/mol. The Morgan fingerprint density at radius 3 is 2.28 bits per heavy atom. The molecular weight excluding hydrogens is 396 g/mol. The molecule has 2 aromatic carbocycles. The topological polar surface area (TPSA) is 119 Å². The number of esters is 1. The first-order valence-corrected chi connectivity index (χ1v) is 10.2. The first kappa shape index (κ1) is 22.3. The molecular formula is C20H22N2O6S. The Bertz CT molecular complexity index is 1030. The van der Waals surface area contributed by atoms with Crippen LogP contribution < -0.4 is 10.0 Å². The molecule has 0 saturated carbocycles. The molecule has 1 amide bonds. The van der Waals surface area contributed by atoms with Gasteiger partial charge in [-0.05, 0) is 62.2 Å². The van der Waals surface area contributed by atoms with E-state index in [0.717, 1.165) is 5.56 Å². The van der Waals surface area contributed by atoms with Crippen molar-refractivity contribution in [2.24, 2.45) is 0 Å². The van der Waals surface area contributed by atoms with Crippen molar-refractivity contribution in [1.82, 2.24) is 4.72 Å². The molecule has 0 unspecified atom stereocenters. The van der Waals surface area contributed by atoms with E-state index >= 15 is 0 Å². The number of ketones is 1. The van der Waals surface area contributed by atoms with Crippen molar-refractivity contribution in [2.75, 3.05) is 18.5 Å². The van der Waals surface area contributed by atoms with Crippen LogP contribution in [0.3, 0.4) is 0 Å². The maximum absolute atomic E-state index is 12.3. The Hall–Kier alpha value is -3.04. The van der Waals surface area contributed by atoms with Gasteiger partial charge in [0, 0.05) is 11.3 Å². The molecule has 29 heavy (non-hydrogen) atoms. The van der Waals surface area contributed by atoms with E-state index in [1.807, 2.05) is 0 Å². The van der Waals surface area contributed by atoms with Gasteiger partial charge >= 0.3 is 5.97 Å². The number of hydrogen-bond donors (Lipinski definition) is 2. The van der Waals surface area contributed by atoms with Crippen molar-refractivity contribution in [3.63, 3.8) is 0 Å². The Balaban J connectivity index is 1.84. The fourth-order valence-electron chi connectivity index (χ4n) is 2.41. The molecule has 0 radical (unpaired) electrons. The summed E-state index contributed by atoms with van der Waals surface area (Å²) in [6.45, 7) is 3.68. The summed E-state index contributed by atoms with van der Waals surface area (Å²) in [5.41, 5.74) is 2.26. The number of carbonyl (C=O) groups excluding carboxylic acids is 3. The molecule has 0 aliphatic heterocycles. The predicted octanol–water partition coefficient (Wildman–Crippen LogP) is 1.97. The Morgan fingerprint density at radius 2 is 1.66 bits per heavy atom. The van der Waals surface area contributed by atoms with Crippen LogP contribution in [-0.4, -0.2) is 39.2 Å². The molecule has 0 fully saturated rings. The van der Waals surface area contributed by atoms with Crippen LogP contribution in [0, 0.1) is 13.8 Å². The van der Waals surface area contributed by atoms with Crippen molar-refractivity contribution in [3.8, 4) is 0 Å². The molecule has 0 aliphatic carbocycles. The quantitative estimate of drug-likeness (QED) is 0.500. The zero-order valence-corrected chi connectivity index (χ0v) is 17.1. The highest BCUT2D eigenvalue weighted by Gasteiger charge is 2.19. The molecule has 0 heterocycles. The number of amides is 1. The minimum atomic E-state index is -3.89. The number of hydrogen-bond acceptors (Lipinski definition) is 6. The van der Waals surface area contributed by atoms with E-state index in [1.165, 1.54) is 13.0 Å². The molecule has 9 heteroatoms. The zero-order valence-electron chi connectivity index (χ0n) is 16.3. The minimum Gasteiger partial charge on any atom is -0.455 e. The predicted molar refractivity (Wildman–Crippen MR) is 107 cm³/mol. The van der Waals surface area contributed by atoms with Crippen LogP contribution in [0.4, 0.5) is 5.69 Å². The molecule has 0 saturated heterocycles. The average Bonchev–Trinajstić information content (AvgIpc) is 2.67. The van der Waals surface area contributed by atoms with E-state index in [9.17, 15) is 22.8 Å². The lowest BCUT2D eigenvalue weighted by molar-refractivity contribution is -0.146. The van der Waals surface area contributed by atoms with Crippen LogP contribution >= 0.6 is 0 Å². The van der Waals surface area contributed by atoms with Crippen molar-refractivity contribution in [1.29, 1.82) is 0 Å². The van der Waals surface area contributed by atoms with Gasteiger partial charge in [0.25, 0.3) is 5.91 Å². The van der Waals surface area contributed by atoms with Gasteiger partial charge in [-0.2, -0.15) is 4.72 Å². The minimum absolute atomic E-state index is 0.0806. The SMILES string of the molecule is CC(=O)c1ccc(NC(=O)COC(=O)CNS(=O)(=O)c2cc(C)ccc2C)cc1. The van der Waals surface area contributed by atoms with Crippen LogP contribution in [0.5, 0.6) is 0 Å². The lowest BCUT2D eigenvalue weighted by Crippen LogP contribution is -2.32. The van der Waals surface area contributed by atoms with Gasteiger partial charge in [-0.1, -0.05) is 12.1 Å². The molecule has 2 N–H and O–H groups in total. The number of benzene rings is 2. The molecule has 2 aromatic rings. The van der Waals surface area contributed by atoms with Crippen LogP contribution in [0.25, 0.3) is 0 Å². The lowest BCUT2D eigenvalue weighted by atomic mass is 10.1. The third-order valence-corrected chi connectivity index (χ3v) is 5.52. The smallest absolute Gasteiger partial charge is 0.321 e. The van der Waals surface area contributed by atoms with Crippen molar-refractivity contribution in [2.45, 2.75) is 25.7 Å². The standard InChI is InChI=1S/C20H22N2O6S/c1-13-4-5-14(2)18(10-13)29(26,27)21-11-20(25)28-12-19(24)22-17-8-6-16(7-9-17)15(3)23/h4-10,21H,11-12H2,1-3H3,(H,22,24). The lowest BCUT2D eigenvalue weighted by Gasteiger charge is -2.10. The highest BCUT2D eigenvalue weighted by Crippen LogP contribution is 2.16. The second kappa shape index (κ2) is 9.44. The Labute approximate surface area is 169 Å². The van der Waals surface area contributed by atoms with Crippen LogP contribution in [0.15, 0.2) is 47.4 Å². The van der Waals surface area contributed by atoms with E-state index in [1.54, 1.807) is 50.2 Å². The van der Waals surface area contributed by atoms with E-state index in [0.29, 0.717) is 16.8 Å². The number of aryl methyl sites for hydroxylation is 2. The molecule has 0 aliphatic rings.